The number of thiophene rings is 1. The van der Waals surface area contributed by atoms with Crippen molar-refractivity contribution in [2.45, 2.75) is 19.5 Å². The Morgan fingerprint density at radius 3 is 2.35 bits per heavy atom. The molecule has 0 fully saturated rings. The molecule has 0 saturated carbocycles. The van der Waals surface area contributed by atoms with Gasteiger partial charge in [-0.3, -0.25) is 9.59 Å². The summed E-state index contributed by atoms with van der Waals surface area (Å²) in [5, 5.41) is 1.96. The van der Waals surface area contributed by atoms with Crippen LogP contribution in [0.3, 0.4) is 0 Å². The molecule has 0 aliphatic heterocycles. The maximum Gasteiger partial charge on any atom is 0.260 e. The molecular formula is C26H29FN2O4S. The van der Waals surface area contributed by atoms with Crippen LogP contribution in [0.15, 0.2) is 72.1 Å². The van der Waals surface area contributed by atoms with Crippen molar-refractivity contribution in [1.82, 2.24) is 9.80 Å². The van der Waals surface area contributed by atoms with Crippen LogP contribution in [0, 0.1) is 5.82 Å². The number of hydrogen-bond donors (Lipinski definition) is 0. The summed E-state index contributed by atoms with van der Waals surface area (Å²) < 4.78 is 24.1. The zero-order chi connectivity index (χ0) is 24.2. The van der Waals surface area contributed by atoms with Crippen molar-refractivity contribution >= 4 is 23.2 Å². The smallest absolute Gasteiger partial charge is 0.260 e. The molecule has 1 aromatic heterocycles. The highest BCUT2D eigenvalue weighted by Gasteiger charge is 2.22. The number of ether oxygens (including phenoxy) is 2. The lowest BCUT2D eigenvalue weighted by Gasteiger charge is -2.28. The van der Waals surface area contributed by atoms with E-state index in [0.29, 0.717) is 38.4 Å². The lowest BCUT2D eigenvalue weighted by Crippen LogP contribution is -2.44. The Morgan fingerprint density at radius 2 is 1.68 bits per heavy atom. The van der Waals surface area contributed by atoms with Gasteiger partial charge in [-0.25, -0.2) is 4.39 Å². The minimum Gasteiger partial charge on any atom is -0.484 e. The first-order chi connectivity index (χ1) is 16.5. The first-order valence-electron chi connectivity index (χ1n) is 11.0. The van der Waals surface area contributed by atoms with Crippen molar-refractivity contribution in [2.75, 3.05) is 33.4 Å². The van der Waals surface area contributed by atoms with E-state index in [0.717, 1.165) is 10.4 Å². The maximum atomic E-state index is 13.4. The van der Waals surface area contributed by atoms with Crippen LogP contribution in [0.1, 0.15) is 16.9 Å². The van der Waals surface area contributed by atoms with E-state index >= 15 is 0 Å². The Labute approximate surface area is 203 Å². The number of hydrogen-bond acceptors (Lipinski definition) is 5. The van der Waals surface area contributed by atoms with Crippen LogP contribution in [0.25, 0.3) is 0 Å². The second kappa shape index (κ2) is 13.5. The summed E-state index contributed by atoms with van der Waals surface area (Å²) >= 11 is 1.56. The number of rotatable bonds is 13. The highest BCUT2D eigenvalue weighted by atomic mass is 32.1. The van der Waals surface area contributed by atoms with Crippen molar-refractivity contribution in [2.24, 2.45) is 0 Å². The van der Waals surface area contributed by atoms with Gasteiger partial charge in [0.25, 0.3) is 5.91 Å². The summed E-state index contributed by atoms with van der Waals surface area (Å²) in [5.74, 6) is -0.197. The molecular weight excluding hydrogens is 455 g/mol. The zero-order valence-electron chi connectivity index (χ0n) is 19.2. The number of para-hydroxylation sites is 1. The molecule has 0 radical (unpaired) electrons. The molecule has 0 atom stereocenters. The third-order valence-electron chi connectivity index (χ3n) is 5.13. The van der Waals surface area contributed by atoms with Crippen molar-refractivity contribution in [3.05, 3.63) is 88.4 Å². The Bertz CT molecular complexity index is 1010. The van der Waals surface area contributed by atoms with E-state index in [1.807, 2.05) is 35.7 Å². The van der Waals surface area contributed by atoms with Crippen LogP contribution in [0.5, 0.6) is 5.75 Å². The summed E-state index contributed by atoms with van der Waals surface area (Å²) in [6.07, 6.45) is 0.601. The fourth-order valence-electron chi connectivity index (χ4n) is 3.34. The van der Waals surface area contributed by atoms with Gasteiger partial charge in [-0.1, -0.05) is 36.4 Å². The number of benzene rings is 2. The lowest BCUT2D eigenvalue weighted by molar-refractivity contribution is -0.142. The second-order valence-corrected chi connectivity index (χ2v) is 8.75. The van der Waals surface area contributed by atoms with E-state index in [2.05, 4.69) is 0 Å². The van der Waals surface area contributed by atoms with Gasteiger partial charge in [0, 0.05) is 31.7 Å². The number of halogens is 1. The summed E-state index contributed by atoms with van der Waals surface area (Å²) in [5.41, 5.74) is 0.816. The first kappa shape index (κ1) is 25.4. The van der Waals surface area contributed by atoms with Gasteiger partial charge in [0.1, 0.15) is 11.6 Å². The summed E-state index contributed by atoms with van der Waals surface area (Å²) in [4.78, 5) is 30.5. The minimum atomic E-state index is -0.326. The lowest BCUT2D eigenvalue weighted by atomic mass is 10.2. The van der Waals surface area contributed by atoms with Crippen LogP contribution in [-0.4, -0.2) is 55.0 Å². The molecule has 0 spiro atoms. The summed E-state index contributed by atoms with van der Waals surface area (Å²) in [6, 6.07) is 19.1. The molecule has 0 aliphatic carbocycles. The summed E-state index contributed by atoms with van der Waals surface area (Å²) in [6.45, 7) is 1.35. The molecule has 0 N–H and O–H groups in total. The molecule has 3 aromatic rings. The van der Waals surface area contributed by atoms with Gasteiger partial charge >= 0.3 is 0 Å². The monoisotopic (exact) mass is 484 g/mol. The molecule has 6 nitrogen and oxygen atoms in total. The molecule has 0 bridgehead atoms. The van der Waals surface area contributed by atoms with E-state index in [1.165, 1.54) is 17.0 Å². The molecule has 0 saturated heterocycles. The third kappa shape index (κ3) is 8.28. The van der Waals surface area contributed by atoms with Gasteiger partial charge in [0.2, 0.25) is 5.91 Å². The van der Waals surface area contributed by atoms with Gasteiger partial charge < -0.3 is 19.3 Å². The largest absolute Gasteiger partial charge is 0.484 e. The van der Waals surface area contributed by atoms with E-state index < -0.39 is 0 Å². The van der Waals surface area contributed by atoms with E-state index in [1.54, 1.807) is 47.6 Å². The Hall–Kier alpha value is -3.23. The first-order valence-corrected chi connectivity index (χ1v) is 11.9. The van der Waals surface area contributed by atoms with Crippen LogP contribution in [0.4, 0.5) is 4.39 Å². The highest BCUT2D eigenvalue weighted by Crippen LogP contribution is 2.16. The van der Waals surface area contributed by atoms with E-state index in [9.17, 15) is 14.0 Å². The average molecular weight is 485 g/mol. The molecule has 3 rings (SSSR count). The number of amides is 2. The molecule has 34 heavy (non-hydrogen) atoms. The second-order valence-electron chi connectivity index (χ2n) is 7.72. The SMILES string of the molecule is COCCCN(CC(=O)N(Cc1ccc(F)cc1)Cc1cccs1)C(=O)COc1ccccc1. The van der Waals surface area contributed by atoms with Crippen molar-refractivity contribution in [1.29, 1.82) is 0 Å². The van der Waals surface area contributed by atoms with Crippen LogP contribution < -0.4 is 4.74 Å². The van der Waals surface area contributed by atoms with Crippen molar-refractivity contribution in [3.63, 3.8) is 0 Å². The van der Waals surface area contributed by atoms with Gasteiger partial charge in [0.15, 0.2) is 6.61 Å². The van der Waals surface area contributed by atoms with E-state index in [4.69, 9.17) is 9.47 Å². The molecule has 0 aliphatic rings. The molecule has 2 aromatic carbocycles. The van der Waals surface area contributed by atoms with Gasteiger partial charge in [0.05, 0.1) is 13.1 Å². The quantitative estimate of drug-likeness (QED) is 0.338. The standard InChI is InChI=1S/C26H29FN2O4S/c1-32-15-6-14-28(26(31)20-33-23-7-3-2-4-8-23)19-25(30)29(18-24-9-5-16-34-24)17-21-10-12-22(27)13-11-21/h2-5,7-13,16H,6,14-15,17-20H2,1H3. The zero-order valence-corrected chi connectivity index (χ0v) is 20.0. The average Bonchev–Trinajstić information content (AvgIpc) is 3.37. The molecule has 8 heteroatoms. The number of carbonyl (C=O) groups is 2. The van der Waals surface area contributed by atoms with Crippen LogP contribution in [-0.2, 0) is 27.4 Å². The maximum absolute atomic E-state index is 13.4. The normalized spacial score (nSPS) is 10.6. The molecule has 2 amide bonds. The number of nitrogens with zero attached hydrogens (tertiary/aromatic N) is 2. The fraction of sp³-hybridized carbons (Fsp3) is 0.308. The molecule has 0 unspecified atom stereocenters. The predicted molar refractivity (Wildman–Crippen MR) is 130 cm³/mol. The summed E-state index contributed by atoms with van der Waals surface area (Å²) in [7, 11) is 1.60. The molecule has 180 valence electrons. The number of methoxy groups -OCH3 is 1. The molecule has 1 heterocycles. The van der Waals surface area contributed by atoms with Gasteiger partial charge in [-0.2, -0.15) is 0 Å². The Kier molecular flexibility index (Phi) is 10.1. The topological polar surface area (TPSA) is 59.1 Å². The minimum absolute atomic E-state index is 0.0761. The third-order valence-corrected chi connectivity index (χ3v) is 5.99. The number of carbonyl (C=O) groups excluding carboxylic acids is 2. The van der Waals surface area contributed by atoms with E-state index in [-0.39, 0.29) is 30.8 Å². The predicted octanol–water partition coefficient (Wildman–Crippen LogP) is 4.36. The van der Waals surface area contributed by atoms with Crippen LogP contribution >= 0.6 is 11.3 Å². The Balaban J connectivity index is 1.69. The van der Waals surface area contributed by atoms with Crippen molar-refractivity contribution < 1.29 is 23.5 Å². The fourth-order valence-corrected chi connectivity index (χ4v) is 4.06. The Morgan fingerprint density at radius 1 is 0.912 bits per heavy atom. The van der Waals surface area contributed by atoms with Crippen molar-refractivity contribution in [3.8, 4) is 5.75 Å². The highest BCUT2D eigenvalue weighted by molar-refractivity contribution is 7.09. The van der Waals surface area contributed by atoms with Crippen LogP contribution in [0.2, 0.25) is 0 Å². The van der Waals surface area contributed by atoms with Gasteiger partial charge in [-0.15, -0.1) is 11.3 Å². The van der Waals surface area contributed by atoms with Gasteiger partial charge in [-0.05, 0) is 47.7 Å².